The van der Waals surface area contributed by atoms with Gasteiger partial charge in [-0.25, -0.2) is 0 Å². The second-order valence-electron chi connectivity index (χ2n) is 9.51. The third kappa shape index (κ3) is 5.48. The van der Waals surface area contributed by atoms with Crippen molar-refractivity contribution in [2.24, 2.45) is 11.8 Å². The predicted octanol–water partition coefficient (Wildman–Crippen LogP) is 3.17. The molecule has 1 N–H and O–H groups in total. The molecule has 2 saturated heterocycles. The van der Waals surface area contributed by atoms with Crippen LogP contribution in [0, 0.1) is 11.8 Å². The lowest BCUT2D eigenvalue weighted by Gasteiger charge is -2.35. The van der Waals surface area contributed by atoms with Crippen LogP contribution in [0.4, 0.5) is 0 Å². The molecule has 2 atom stereocenters. The number of rotatable bonds is 6. The van der Waals surface area contributed by atoms with Crippen molar-refractivity contribution in [1.82, 2.24) is 15.1 Å². The summed E-state index contributed by atoms with van der Waals surface area (Å²) in [5.74, 6) is 0.498. The minimum atomic E-state index is -0.168. The van der Waals surface area contributed by atoms with Crippen molar-refractivity contribution in [3.63, 3.8) is 0 Å². The Morgan fingerprint density at radius 3 is 2.75 bits per heavy atom. The Kier molecular flexibility index (Phi) is 7.43. The first-order valence-corrected chi connectivity index (χ1v) is 11.9. The lowest BCUT2D eigenvalue weighted by Crippen LogP contribution is -2.50. The summed E-state index contributed by atoms with van der Waals surface area (Å²) < 4.78 is 5.86. The van der Waals surface area contributed by atoms with Crippen LogP contribution >= 0.6 is 0 Å². The number of ether oxygens (including phenoxy) is 1. The molecule has 6 nitrogen and oxygen atoms in total. The molecule has 4 rings (SSSR count). The van der Waals surface area contributed by atoms with Gasteiger partial charge in [-0.15, -0.1) is 0 Å². The van der Waals surface area contributed by atoms with E-state index in [1.807, 2.05) is 47.4 Å². The van der Waals surface area contributed by atoms with Crippen LogP contribution < -0.4 is 5.32 Å². The molecule has 0 aromatic heterocycles. The molecule has 2 aromatic carbocycles. The third-order valence-corrected chi connectivity index (χ3v) is 6.45. The molecular formula is C26H35N3O3. The molecule has 2 heterocycles. The highest BCUT2D eigenvalue weighted by Gasteiger charge is 2.30. The molecule has 0 saturated carbocycles. The number of carbonyl (C=O) groups excluding carboxylic acids is 2. The van der Waals surface area contributed by atoms with Gasteiger partial charge < -0.3 is 15.0 Å². The number of hydrogen-bond acceptors (Lipinski definition) is 4. The van der Waals surface area contributed by atoms with Crippen molar-refractivity contribution < 1.29 is 14.3 Å². The van der Waals surface area contributed by atoms with Crippen LogP contribution in [-0.2, 0) is 9.53 Å². The molecule has 2 fully saturated rings. The van der Waals surface area contributed by atoms with Gasteiger partial charge in [0.15, 0.2) is 0 Å². The highest BCUT2D eigenvalue weighted by atomic mass is 16.5. The average Bonchev–Trinajstić information content (AvgIpc) is 2.81. The third-order valence-electron chi connectivity index (χ3n) is 6.45. The first-order valence-electron chi connectivity index (χ1n) is 11.9. The number of amides is 2. The Balaban J connectivity index is 1.33. The maximum absolute atomic E-state index is 13.3. The zero-order valence-corrected chi connectivity index (χ0v) is 19.3. The molecule has 0 radical (unpaired) electrons. The van der Waals surface area contributed by atoms with Crippen LogP contribution in [0.5, 0.6) is 0 Å². The van der Waals surface area contributed by atoms with Gasteiger partial charge in [0.05, 0.1) is 18.6 Å². The van der Waals surface area contributed by atoms with Crippen LogP contribution in [0.1, 0.15) is 37.0 Å². The fraction of sp³-hybridized carbons (Fsp3) is 0.538. The Morgan fingerprint density at radius 1 is 1.09 bits per heavy atom. The van der Waals surface area contributed by atoms with E-state index in [9.17, 15) is 9.59 Å². The van der Waals surface area contributed by atoms with E-state index in [2.05, 4.69) is 24.1 Å². The van der Waals surface area contributed by atoms with E-state index in [1.165, 1.54) is 0 Å². The molecule has 0 bridgehead atoms. The molecule has 172 valence electrons. The summed E-state index contributed by atoms with van der Waals surface area (Å²) >= 11 is 0. The Morgan fingerprint density at radius 2 is 1.91 bits per heavy atom. The van der Waals surface area contributed by atoms with Crippen molar-refractivity contribution in [2.75, 3.05) is 45.9 Å². The van der Waals surface area contributed by atoms with Crippen LogP contribution in [0.2, 0.25) is 0 Å². The minimum absolute atomic E-state index is 0.0132. The van der Waals surface area contributed by atoms with Crippen molar-refractivity contribution in [1.29, 1.82) is 0 Å². The summed E-state index contributed by atoms with van der Waals surface area (Å²) in [6.45, 7) is 9.72. The topological polar surface area (TPSA) is 61.9 Å². The van der Waals surface area contributed by atoms with E-state index in [0.29, 0.717) is 37.7 Å². The SMILES string of the molecule is CC(C)CN1CCO[C@@H](CNC(=O)[C@H]2CCCN(C(=O)c3cccc4ccccc34)C2)C1. The van der Waals surface area contributed by atoms with Gasteiger partial charge in [0, 0.05) is 44.8 Å². The molecule has 0 spiro atoms. The summed E-state index contributed by atoms with van der Waals surface area (Å²) in [5, 5.41) is 5.12. The fourth-order valence-corrected chi connectivity index (χ4v) is 4.90. The highest BCUT2D eigenvalue weighted by Crippen LogP contribution is 2.23. The Bertz CT molecular complexity index is 940. The van der Waals surface area contributed by atoms with Crippen LogP contribution in [0.15, 0.2) is 42.5 Å². The van der Waals surface area contributed by atoms with E-state index < -0.39 is 0 Å². The zero-order valence-electron chi connectivity index (χ0n) is 19.3. The zero-order chi connectivity index (χ0) is 22.5. The number of hydrogen-bond donors (Lipinski definition) is 1. The van der Waals surface area contributed by atoms with Crippen molar-refractivity contribution in [3.8, 4) is 0 Å². The van der Waals surface area contributed by atoms with Crippen LogP contribution in [-0.4, -0.2) is 73.6 Å². The number of nitrogens with zero attached hydrogens (tertiary/aromatic N) is 2. The number of carbonyl (C=O) groups is 2. The fourth-order valence-electron chi connectivity index (χ4n) is 4.90. The van der Waals surface area contributed by atoms with E-state index in [1.54, 1.807) is 0 Å². The van der Waals surface area contributed by atoms with E-state index >= 15 is 0 Å². The van der Waals surface area contributed by atoms with Gasteiger partial charge in [-0.2, -0.15) is 0 Å². The molecular weight excluding hydrogens is 402 g/mol. The molecule has 2 amide bonds. The summed E-state index contributed by atoms with van der Waals surface area (Å²) in [4.78, 5) is 30.4. The largest absolute Gasteiger partial charge is 0.374 e. The summed E-state index contributed by atoms with van der Waals surface area (Å²) in [6.07, 6.45) is 1.69. The van der Waals surface area contributed by atoms with Gasteiger partial charge >= 0.3 is 0 Å². The second kappa shape index (κ2) is 10.5. The lowest BCUT2D eigenvalue weighted by atomic mass is 9.95. The van der Waals surface area contributed by atoms with E-state index in [-0.39, 0.29) is 23.8 Å². The smallest absolute Gasteiger partial charge is 0.254 e. The molecule has 2 aliphatic rings. The number of fused-ring (bicyclic) bond motifs is 1. The monoisotopic (exact) mass is 437 g/mol. The standard InChI is InChI=1S/C26H35N3O3/c1-19(2)16-28-13-14-32-22(18-28)15-27-25(30)21-9-6-12-29(17-21)26(31)24-11-5-8-20-7-3-4-10-23(20)24/h3-5,7-8,10-11,19,21-22H,6,9,12-18H2,1-2H3,(H,27,30)/t21-,22-/m0/s1. The Hall–Kier alpha value is -2.44. The molecule has 0 aliphatic carbocycles. The second-order valence-corrected chi connectivity index (χ2v) is 9.51. The Labute approximate surface area is 190 Å². The number of likely N-dealkylation sites (tertiary alicyclic amines) is 1. The highest BCUT2D eigenvalue weighted by molar-refractivity contribution is 6.07. The van der Waals surface area contributed by atoms with Crippen molar-refractivity contribution >= 4 is 22.6 Å². The van der Waals surface area contributed by atoms with Gasteiger partial charge in [0.1, 0.15) is 0 Å². The first kappa shape index (κ1) is 22.7. The van der Waals surface area contributed by atoms with E-state index in [0.717, 1.165) is 43.2 Å². The number of piperidine rings is 1. The van der Waals surface area contributed by atoms with Gasteiger partial charge in [-0.05, 0) is 35.6 Å². The molecule has 0 unspecified atom stereocenters. The lowest BCUT2D eigenvalue weighted by molar-refractivity contribution is -0.127. The molecule has 2 aromatic rings. The van der Waals surface area contributed by atoms with Crippen molar-refractivity contribution in [3.05, 3.63) is 48.0 Å². The maximum Gasteiger partial charge on any atom is 0.254 e. The predicted molar refractivity (Wildman–Crippen MR) is 127 cm³/mol. The summed E-state index contributed by atoms with van der Waals surface area (Å²) in [6, 6.07) is 13.8. The number of benzene rings is 2. The average molecular weight is 438 g/mol. The molecule has 32 heavy (non-hydrogen) atoms. The normalized spacial score (nSPS) is 22.3. The van der Waals surface area contributed by atoms with E-state index in [4.69, 9.17) is 4.74 Å². The summed E-state index contributed by atoms with van der Waals surface area (Å²) in [7, 11) is 0. The van der Waals surface area contributed by atoms with Crippen LogP contribution in [0.25, 0.3) is 10.8 Å². The van der Waals surface area contributed by atoms with Gasteiger partial charge in [0.25, 0.3) is 5.91 Å². The van der Waals surface area contributed by atoms with Gasteiger partial charge in [0.2, 0.25) is 5.91 Å². The number of nitrogens with one attached hydrogen (secondary N) is 1. The number of morpholine rings is 1. The van der Waals surface area contributed by atoms with Crippen molar-refractivity contribution in [2.45, 2.75) is 32.8 Å². The molecule has 6 heteroatoms. The summed E-state index contributed by atoms with van der Waals surface area (Å²) in [5.41, 5.74) is 0.713. The van der Waals surface area contributed by atoms with Crippen LogP contribution in [0.3, 0.4) is 0 Å². The molecule has 2 aliphatic heterocycles. The maximum atomic E-state index is 13.3. The minimum Gasteiger partial charge on any atom is -0.374 e. The first-order chi connectivity index (χ1) is 15.5. The van der Waals surface area contributed by atoms with Gasteiger partial charge in [-0.1, -0.05) is 50.2 Å². The van der Waals surface area contributed by atoms with Gasteiger partial charge in [-0.3, -0.25) is 14.5 Å². The quantitative estimate of drug-likeness (QED) is 0.754.